The van der Waals surface area contributed by atoms with Crippen molar-refractivity contribution >= 4 is 20.0 Å². The van der Waals surface area contributed by atoms with Crippen molar-refractivity contribution in [1.82, 2.24) is 9.03 Å². The second-order valence-electron chi connectivity index (χ2n) is 5.74. The average molecular weight is 378 g/mol. The predicted octanol–water partition coefficient (Wildman–Crippen LogP) is -0.120. The van der Waals surface area contributed by atoms with Crippen molar-refractivity contribution in [2.24, 2.45) is 5.92 Å². The summed E-state index contributed by atoms with van der Waals surface area (Å²) >= 11 is 0. The molecular formula is C14H22N2O6S2. The van der Waals surface area contributed by atoms with E-state index in [1.807, 2.05) is 0 Å². The number of hydrogen-bond acceptors (Lipinski definition) is 6. The number of sulfonamides is 2. The zero-order chi connectivity index (χ0) is 18.0. The lowest BCUT2D eigenvalue weighted by atomic mass is 10.1. The largest absolute Gasteiger partial charge is 0.495 e. The highest BCUT2D eigenvalue weighted by Gasteiger charge is 2.36. The number of nitrogens with one attached hydrogen (secondary N) is 1. The van der Waals surface area contributed by atoms with E-state index in [4.69, 9.17) is 9.47 Å². The van der Waals surface area contributed by atoms with Crippen molar-refractivity contribution in [1.29, 1.82) is 0 Å². The van der Waals surface area contributed by atoms with Crippen LogP contribution in [0.25, 0.3) is 0 Å². The van der Waals surface area contributed by atoms with Crippen molar-refractivity contribution in [3.63, 3.8) is 0 Å². The molecular weight excluding hydrogens is 356 g/mol. The molecule has 1 N–H and O–H groups in total. The fourth-order valence-electron chi connectivity index (χ4n) is 2.42. The van der Waals surface area contributed by atoms with Crippen LogP contribution in [0.1, 0.15) is 0 Å². The molecule has 136 valence electrons. The first-order valence-corrected chi connectivity index (χ1v) is 10.4. The van der Waals surface area contributed by atoms with Crippen LogP contribution in [-0.4, -0.2) is 67.4 Å². The molecule has 24 heavy (non-hydrogen) atoms. The molecule has 1 saturated heterocycles. The first-order chi connectivity index (χ1) is 11.2. The SMILES string of the molecule is COc1ccccc1S(=O)(=O)N[C@H]1COC[C@H]1CS(=O)(=O)N(C)C. The normalized spacial score (nSPS) is 22.0. The Kier molecular flexibility index (Phi) is 5.87. The van der Waals surface area contributed by atoms with Crippen LogP contribution in [-0.2, 0) is 24.8 Å². The summed E-state index contributed by atoms with van der Waals surface area (Å²) in [7, 11) is -3.04. The van der Waals surface area contributed by atoms with Gasteiger partial charge in [-0.05, 0) is 12.1 Å². The van der Waals surface area contributed by atoms with Crippen molar-refractivity contribution in [3.05, 3.63) is 24.3 Å². The molecule has 0 bridgehead atoms. The first kappa shape index (κ1) is 19.1. The topological polar surface area (TPSA) is 102 Å². The van der Waals surface area contributed by atoms with Gasteiger partial charge < -0.3 is 9.47 Å². The van der Waals surface area contributed by atoms with Crippen LogP contribution >= 0.6 is 0 Å². The standard InChI is InChI=1S/C14H22N2O6S2/c1-16(2)23(17,18)10-11-8-22-9-12(11)15-24(19,20)14-7-5-4-6-13(14)21-3/h4-7,11-12,15H,8-10H2,1-3H3/t11-,12-/m0/s1. The van der Waals surface area contributed by atoms with Crippen molar-refractivity contribution in [3.8, 4) is 5.75 Å². The van der Waals surface area contributed by atoms with Crippen LogP contribution in [0.4, 0.5) is 0 Å². The minimum absolute atomic E-state index is 0.00798. The molecule has 1 fully saturated rings. The maximum absolute atomic E-state index is 12.6. The van der Waals surface area contributed by atoms with Gasteiger partial charge in [0, 0.05) is 20.0 Å². The van der Waals surface area contributed by atoms with Crippen molar-refractivity contribution in [2.75, 3.05) is 40.2 Å². The van der Waals surface area contributed by atoms with E-state index >= 15 is 0 Å². The van der Waals surface area contributed by atoms with Crippen LogP contribution in [0.3, 0.4) is 0 Å². The van der Waals surface area contributed by atoms with E-state index in [9.17, 15) is 16.8 Å². The summed E-state index contributed by atoms with van der Waals surface area (Å²) in [6.07, 6.45) is 0. The highest BCUT2D eigenvalue weighted by molar-refractivity contribution is 7.89. The second kappa shape index (κ2) is 7.36. The molecule has 0 unspecified atom stereocenters. The molecule has 1 heterocycles. The monoisotopic (exact) mass is 378 g/mol. The molecule has 10 heteroatoms. The minimum Gasteiger partial charge on any atom is -0.495 e. The van der Waals surface area contributed by atoms with Crippen LogP contribution in [0, 0.1) is 5.92 Å². The number of methoxy groups -OCH3 is 1. The number of rotatable bonds is 7. The second-order valence-corrected chi connectivity index (χ2v) is 9.65. The molecule has 0 saturated carbocycles. The lowest BCUT2D eigenvalue weighted by Crippen LogP contribution is -2.43. The lowest BCUT2D eigenvalue weighted by molar-refractivity contribution is 0.185. The van der Waals surface area contributed by atoms with E-state index in [0.717, 1.165) is 4.31 Å². The molecule has 0 aliphatic carbocycles. The highest BCUT2D eigenvalue weighted by Crippen LogP contribution is 2.25. The highest BCUT2D eigenvalue weighted by atomic mass is 32.2. The van der Waals surface area contributed by atoms with Gasteiger partial charge in [0.05, 0.1) is 32.1 Å². The minimum atomic E-state index is -3.86. The van der Waals surface area contributed by atoms with Crippen LogP contribution in [0.15, 0.2) is 29.2 Å². The van der Waals surface area contributed by atoms with E-state index in [2.05, 4.69) is 4.72 Å². The molecule has 0 radical (unpaired) electrons. The van der Waals surface area contributed by atoms with Crippen LogP contribution < -0.4 is 9.46 Å². The van der Waals surface area contributed by atoms with Gasteiger partial charge in [0.25, 0.3) is 0 Å². The summed E-state index contributed by atoms with van der Waals surface area (Å²) in [5, 5.41) is 0. The first-order valence-electron chi connectivity index (χ1n) is 7.30. The molecule has 0 spiro atoms. The average Bonchev–Trinajstić information content (AvgIpc) is 2.92. The number of benzene rings is 1. The number of para-hydroxylation sites is 1. The zero-order valence-corrected chi connectivity index (χ0v) is 15.4. The summed E-state index contributed by atoms with van der Waals surface area (Å²) in [5.74, 6) is -0.415. The summed E-state index contributed by atoms with van der Waals surface area (Å²) in [6.45, 7) is 0.314. The molecule has 0 amide bonds. The summed E-state index contributed by atoms with van der Waals surface area (Å²) < 4.78 is 63.3. The van der Waals surface area contributed by atoms with Gasteiger partial charge in [-0.1, -0.05) is 12.1 Å². The Morgan fingerprint density at radius 1 is 1.21 bits per heavy atom. The molecule has 0 aromatic heterocycles. The number of ether oxygens (including phenoxy) is 2. The van der Waals surface area contributed by atoms with Crippen LogP contribution in [0.2, 0.25) is 0 Å². The third kappa shape index (κ3) is 4.25. The molecule has 2 atom stereocenters. The Bertz CT molecular complexity index is 776. The molecule has 1 aliphatic heterocycles. The third-order valence-corrected chi connectivity index (χ3v) is 7.34. The van der Waals surface area contributed by atoms with E-state index in [1.54, 1.807) is 18.2 Å². The Morgan fingerprint density at radius 2 is 1.88 bits per heavy atom. The summed E-state index contributed by atoms with van der Waals surface area (Å²) in [5.41, 5.74) is 0. The van der Waals surface area contributed by atoms with E-state index in [-0.39, 0.29) is 29.6 Å². The quantitative estimate of drug-likeness (QED) is 0.710. The fourth-order valence-corrected chi connectivity index (χ4v) is 5.04. The molecule has 2 rings (SSSR count). The number of hydrogen-bond donors (Lipinski definition) is 1. The fraction of sp³-hybridized carbons (Fsp3) is 0.571. The molecule has 8 nitrogen and oxygen atoms in total. The Hall–Kier alpha value is -1.20. The van der Waals surface area contributed by atoms with Crippen LogP contribution in [0.5, 0.6) is 5.75 Å². The molecule has 1 aliphatic rings. The van der Waals surface area contributed by atoms with Gasteiger partial charge in [-0.15, -0.1) is 0 Å². The van der Waals surface area contributed by atoms with E-state index in [1.165, 1.54) is 27.3 Å². The smallest absolute Gasteiger partial charge is 0.244 e. The summed E-state index contributed by atoms with van der Waals surface area (Å²) in [6, 6.07) is 5.63. The Balaban J connectivity index is 2.19. The predicted molar refractivity (Wildman–Crippen MR) is 88.9 cm³/mol. The third-order valence-electron chi connectivity index (χ3n) is 3.84. The zero-order valence-electron chi connectivity index (χ0n) is 13.8. The number of nitrogens with zero attached hydrogens (tertiary/aromatic N) is 1. The van der Waals surface area contributed by atoms with Crippen molar-refractivity contribution < 1.29 is 26.3 Å². The van der Waals surface area contributed by atoms with Gasteiger partial charge in [-0.25, -0.2) is 25.9 Å². The summed E-state index contributed by atoms with van der Waals surface area (Å²) in [4.78, 5) is 0.00798. The molecule has 1 aromatic rings. The molecule has 1 aromatic carbocycles. The van der Waals surface area contributed by atoms with Gasteiger partial charge in [0.2, 0.25) is 20.0 Å². The van der Waals surface area contributed by atoms with E-state index in [0.29, 0.717) is 0 Å². The maximum Gasteiger partial charge on any atom is 0.244 e. The van der Waals surface area contributed by atoms with E-state index < -0.39 is 32.0 Å². The van der Waals surface area contributed by atoms with Gasteiger partial charge >= 0.3 is 0 Å². The lowest BCUT2D eigenvalue weighted by Gasteiger charge is -2.21. The van der Waals surface area contributed by atoms with Gasteiger partial charge in [0.15, 0.2) is 0 Å². The van der Waals surface area contributed by atoms with Gasteiger partial charge in [-0.2, -0.15) is 0 Å². The maximum atomic E-state index is 12.6. The van der Waals surface area contributed by atoms with Crippen molar-refractivity contribution in [2.45, 2.75) is 10.9 Å². The van der Waals surface area contributed by atoms with Gasteiger partial charge in [0.1, 0.15) is 10.6 Å². The Morgan fingerprint density at radius 3 is 2.50 bits per heavy atom. The van der Waals surface area contributed by atoms with Gasteiger partial charge in [-0.3, -0.25) is 0 Å². The Labute approximate surface area is 142 Å².